The van der Waals surface area contributed by atoms with Crippen molar-refractivity contribution >= 4 is 29.5 Å². The van der Waals surface area contributed by atoms with E-state index in [4.69, 9.17) is 11.6 Å². The number of carbonyl (C=O) groups excluding carboxylic acids is 2. The van der Waals surface area contributed by atoms with Gasteiger partial charge in [0, 0.05) is 24.7 Å². The van der Waals surface area contributed by atoms with E-state index in [1.165, 1.54) is 4.90 Å². The lowest BCUT2D eigenvalue weighted by molar-refractivity contribution is -0.124. The number of carbonyl (C=O) groups is 2. The van der Waals surface area contributed by atoms with E-state index in [9.17, 15) is 9.59 Å². The highest BCUT2D eigenvalue weighted by molar-refractivity contribution is 6.30. The maximum absolute atomic E-state index is 12.3. The van der Waals surface area contributed by atoms with Crippen molar-refractivity contribution in [1.82, 2.24) is 10.2 Å². The van der Waals surface area contributed by atoms with Crippen LogP contribution in [0.2, 0.25) is 5.02 Å². The summed E-state index contributed by atoms with van der Waals surface area (Å²) in [7, 11) is 3.26. The Labute approximate surface area is 140 Å². The summed E-state index contributed by atoms with van der Waals surface area (Å²) in [5.41, 5.74) is 1.46. The molecule has 0 atom stereocenters. The van der Waals surface area contributed by atoms with Crippen LogP contribution >= 0.6 is 11.6 Å². The summed E-state index contributed by atoms with van der Waals surface area (Å²) in [5.74, 6) is -0.620. The van der Waals surface area contributed by atoms with Gasteiger partial charge in [-0.25, -0.2) is 0 Å². The molecule has 0 unspecified atom stereocenters. The highest BCUT2D eigenvalue weighted by Gasteiger charge is 2.16. The summed E-state index contributed by atoms with van der Waals surface area (Å²) in [6.07, 6.45) is 1.62. The van der Waals surface area contributed by atoms with Gasteiger partial charge in [0.05, 0.1) is 0 Å². The minimum Gasteiger partial charge on any atom is -0.344 e. The van der Waals surface area contributed by atoms with Crippen molar-refractivity contribution in [2.75, 3.05) is 14.1 Å². The van der Waals surface area contributed by atoms with Crippen LogP contribution in [0.3, 0.4) is 0 Å². The smallest absolute Gasteiger partial charge is 0.269 e. The van der Waals surface area contributed by atoms with Crippen molar-refractivity contribution in [2.45, 2.75) is 0 Å². The number of amides is 2. The lowest BCUT2D eigenvalue weighted by Gasteiger charge is -2.15. The minimum atomic E-state index is -0.332. The van der Waals surface area contributed by atoms with E-state index in [1.54, 1.807) is 68.7 Å². The second-order valence-corrected chi connectivity index (χ2v) is 5.57. The molecule has 0 aliphatic heterocycles. The molecule has 2 amide bonds. The van der Waals surface area contributed by atoms with Crippen molar-refractivity contribution in [2.24, 2.45) is 0 Å². The molecular formula is C18H17ClN2O2. The maximum Gasteiger partial charge on any atom is 0.269 e. The van der Waals surface area contributed by atoms with Crippen LogP contribution in [0.25, 0.3) is 6.08 Å². The van der Waals surface area contributed by atoms with Crippen molar-refractivity contribution in [3.8, 4) is 0 Å². The van der Waals surface area contributed by atoms with Gasteiger partial charge in [-0.05, 0) is 35.9 Å². The molecule has 23 heavy (non-hydrogen) atoms. The second-order valence-electron chi connectivity index (χ2n) is 5.13. The van der Waals surface area contributed by atoms with Crippen molar-refractivity contribution in [1.29, 1.82) is 0 Å². The van der Waals surface area contributed by atoms with Crippen LogP contribution in [0, 0.1) is 0 Å². The van der Waals surface area contributed by atoms with E-state index in [1.807, 2.05) is 6.07 Å². The Balaban J connectivity index is 2.29. The fourth-order valence-corrected chi connectivity index (χ4v) is 2.03. The largest absolute Gasteiger partial charge is 0.344 e. The first kappa shape index (κ1) is 16.8. The van der Waals surface area contributed by atoms with Crippen LogP contribution in [0.4, 0.5) is 0 Å². The van der Waals surface area contributed by atoms with Crippen molar-refractivity contribution < 1.29 is 9.59 Å². The van der Waals surface area contributed by atoms with Crippen LogP contribution in [-0.4, -0.2) is 30.8 Å². The minimum absolute atomic E-state index is 0.200. The van der Waals surface area contributed by atoms with E-state index >= 15 is 0 Å². The topological polar surface area (TPSA) is 49.4 Å². The van der Waals surface area contributed by atoms with E-state index in [-0.39, 0.29) is 17.5 Å². The molecule has 4 nitrogen and oxygen atoms in total. The third-order valence-corrected chi connectivity index (χ3v) is 3.35. The molecule has 2 aromatic rings. The normalized spacial score (nSPS) is 11.0. The molecular weight excluding hydrogens is 312 g/mol. The molecule has 2 aromatic carbocycles. The molecule has 0 bridgehead atoms. The lowest BCUT2D eigenvalue weighted by atomic mass is 10.1. The van der Waals surface area contributed by atoms with Gasteiger partial charge < -0.3 is 10.2 Å². The Bertz CT molecular complexity index is 722. The van der Waals surface area contributed by atoms with Gasteiger partial charge >= 0.3 is 0 Å². The van der Waals surface area contributed by atoms with Crippen LogP contribution < -0.4 is 5.32 Å². The van der Waals surface area contributed by atoms with Gasteiger partial charge in [-0.1, -0.05) is 41.9 Å². The van der Waals surface area contributed by atoms with Gasteiger partial charge in [0.2, 0.25) is 0 Å². The first-order valence-electron chi connectivity index (χ1n) is 7.02. The second kappa shape index (κ2) is 7.61. The Morgan fingerprint density at radius 1 is 1.00 bits per heavy atom. The van der Waals surface area contributed by atoms with Gasteiger partial charge in [-0.3, -0.25) is 9.59 Å². The third-order valence-electron chi connectivity index (χ3n) is 3.10. The molecule has 0 aromatic heterocycles. The number of halogens is 1. The van der Waals surface area contributed by atoms with Crippen molar-refractivity contribution in [3.63, 3.8) is 0 Å². The average molecular weight is 329 g/mol. The average Bonchev–Trinajstić information content (AvgIpc) is 2.56. The van der Waals surface area contributed by atoms with Gasteiger partial charge in [0.15, 0.2) is 0 Å². The van der Waals surface area contributed by atoms with Gasteiger partial charge in [-0.15, -0.1) is 0 Å². The van der Waals surface area contributed by atoms with E-state index in [0.29, 0.717) is 10.6 Å². The van der Waals surface area contributed by atoms with E-state index in [2.05, 4.69) is 5.32 Å². The third kappa shape index (κ3) is 4.69. The Hall–Kier alpha value is -2.59. The fraction of sp³-hybridized carbons (Fsp3) is 0.111. The summed E-state index contributed by atoms with van der Waals surface area (Å²) >= 11 is 5.86. The number of benzene rings is 2. The standard InChI is InChI=1S/C18H17ClN2O2/c1-21(2)18(23)16(12-13-8-10-15(19)11-9-13)20-17(22)14-6-4-3-5-7-14/h3-12H,1-2H3,(H,20,22)/b16-12-. The number of likely N-dealkylation sites (N-methyl/N-ethyl adjacent to an activating group) is 1. The molecule has 0 saturated carbocycles. The van der Waals surface area contributed by atoms with Crippen LogP contribution in [-0.2, 0) is 4.79 Å². The molecule has 118 valence electrons. The Morgan fingerprint density at radius 3 is 2.17 bits per heavy atom. The summed E-state index contributed by atoms with van der Waals surface area (Å²) < 4.78 is 0. The van der Waals surface area contributed by atoms with Gasteiger partial charge in [-0.2, -0.15) is 0 Å². The first-order chi connectivity index (χ1) is 11.0. The zero-order chi connectivity index (χ0) is 16.8. The monoisotopic (exact) mass is 328 g/mol. The summed E-state index contributed by atoms with van der Waals surface area (Å²) in [5, 5.41) is 3.28. The van der Waals surface area contributed by atoms with E-state index < -0.39 is 0 Å². The van der Waals surface area contributed by atoms with Crippen LogP contribution in [0.1, 0.15) is 15.9 Å². The van der Waals surface area contributed by atoms with Crippen LogP contribution in [0.5, 0.6) is 0 Å². The summed E-state index contributed by atoms with van der Waals surface area (Å²) in [6, 6.07) is 15.8. The van der Waals surface area contributed by atoms with E-state index in [0.717, 1.165) is 5.56 Å². The molecule has 5 heteroatoms. The predicted molar refractivity (Wildman–Crippen MR) is 92.0 cm³/mol. The number of hydrogen-bond donors (Lipinski definition) is 1. The number of rotatable bonds is 4. The summed E-state index contributed by atoms with van der Waals surface area (Å²) in [6.45, 7) is 0. The number of nitrogens with one attached hydrogen (secondary N) is 1. The first-order valence-corrected chi connectivity index (χ1v) is 7.40. The number of nitrogens with zero attached hydrogens (tertiary/aromatic N) is 1. The molecule has 0 fully saturated rings. The van der Waals surface area contributed by atoms with Crippen molar-refractivity contribution in [3.05, 3.63) is 76.4 Å². The molecule has 2 rings (SSSR count). The Kier molecular flexibility index (Phi) is 5.55. The SMILES string of the molecule is CN(C)C(=O)/C(=C/c1ccc(Cl)cc1)NC(=O)c1ccccc1. The number of hydrogen-bond acceptors (Lipinski definition) is 2. The molecule has 0 aliphatic rings. The fourth-order valence-electron chi connectivity index (χ4n) is 1.90. The zero-order valence-electron chi connectivity index (χ0n) is 12.9. The molecule has 0 radical (unpaired) electrons. The lowest BCUT2D eigenvalue weighted by Crippen LogP contribution is -2.34. The molecule has 0 heterocycles. The quantitative estimate of drug-likeness (QED) is 0.876. The van der Waals surface area contributed by atoms with Crippen LogP contribution in [0.15, 0.2) is 60.3 Å². The summed E-state index contributed by atoms with van der Waals surface area (Å²) in [4.78, 5) is 26.0. The predicted octanol–water partition coefficient (Wildman–Crippen LogP) is 3.20. The molecule has 0 saturated heterocycles. The highest BCUT2D eigenvalue weighted by Crippen LogP contribution is 2.13. The molecule has 0 spiro atoms. The Morgan fingerprint density at radius 2 is 1.61 bits per heavy atom. The molecule has 0 aliphatic carbocycles. The molecule has 1 N–H and O–H groups in total. The van der Waals surface area contributed by atoms with Gasteiger partial charge in [0.25, 0.3) is 11.8 Å². The van der Waals surface area contributed by atoms with Gasteiger partial charge in [0.1, 0.15) is 5.70 Å². The zero-order valence-corrected chi connectivity index (χ0v) is 13.7. The maximum atomic E-state index is 12.3. The highest BCUT2D eigenvalue weighted by atomic mass is 35.5.